The maximum Gasteiger partial charge on any atom is 0.416 e. The number of carboxylic acids is 1. The third kappa shape index (κ3) is 7.23. The van der Waals surface area contributed by atoms with Crippen molar-refractivity contribution in [2.45, 2.75) is 26.1 Å². The van der Waals surface area contributed by atoms with Crippen molar-refractivity contribution in [3.05, 3.63) is 56.0 Å². The molecule has 0 saturated carbocycles. The van der Waals surface area contributed by atoms with Gasteiger partial charge in [0.25, 0.3) is 5.91 Å². The van der Waals surface area contributed by atoms with Crippen LogP contribution in [-0.4, -0.2) is 29.4 Å². The van der Waals surface area contributed by atoms with Crippen LogP contribution in [0.2, 0.25) is 0 Å². The van der Waals surface area contributed by atoms with Gasteiger partial charge in [-0.15, -0.1) is 0 Å². The van der Waals surface area contributed by atoms with E-state index in [9.17, 15) is 27.6 Å². The SMILES string of the molecule is CCC(=O)Nc1cc(COc2c(Br)cc(C(=O)NCC(=O)O)cc2Br)cc(C(F)(F)F)c1. The molecule has 0 heterocycles. The fraction of sp³-hybridized carbons (Fsp3) is 0.250. The first-order chi connectivity index (χ1) is 14.9. The highest BCUT2D eigenvalue weighted by atomic mass is 79.9. The molecule has 0 aliphatic rings. The Bertz CT molecular complexity index is 1020. The molecular weight excluding hydrogens is 565 g/mol. The Kier molecular flexibility index (Phi) is 8.67. The first kappa shape index (κ1) is 25.7. The number of alkyl halides is 3. The molecule has 2 amide bonds. The molecular formula is C20H17Br2F3N2O5. The molecule has 0 aromatic heterocycles. The third-order valence-corrected chi connectivity index (χ3v) is 5.15. The zero-order valence-electron chi connectivity index (χ0n) is 16.5. The van der Waals surface area contributed by atoms with Crippen molar-refractivity contribution >= 4 is 55.3 Å². The van der Waals surface area contributed by atoms with Crippen LogP contribution in [0.25, 0.3) is 0 Å². The van der Waals surface area contributed by atoms with Crippen molar-refractivity contribution in [2.75, 3.05) is 11.9 Å². The number of ether oxygens (including phenoxy) is 1. The van der Waals surface area contributed by atoms with Crippen LogP contribution in [0.1, 0.15) is 34.8 Å². The molecule has 0 saturated heterocycles. The normalized spacial score (nSPS) is 11.1. The van der Waals surface area contributed by atoms with Gasteiger partial charge in [-0.2, -0.15) is 13.2 Å². The summed E-state index contributed by atoms with van der Waals surface area (Å²) in [6, 6.07) is 5.90. The van der Waals surface area contributed by atoms with E-state index in [1.165, 1.54) is 18.2 Å². The summed E-state index contributed by atoms with van der Waals surface area (Å²) in [4.78, 5) is 34.2. The van der Waals surface area contributed by atoms with E-state index in [0.29, 0.717) is 8.95 Å². The molecule has 2 aromatic carbocycles. The third-order valence-electron chi connectivity index (χ3n) is 3.97. The molecule has 0 fully saturated rings. The van der Waals surface area contributed by atoms with Gasteiger partial charge < -0.3 is 20.5 Å². The fourth-order valence-electron chi connectivity index (χ4n) is 2.50. The topological polar surface area (TPSA) is 105 Å². The standard InChI is InChI=1S/C20H17Br2F3N2O5/c1-2-16(28)27-13-4-10(3-12(7-13)20(23,24)25)9-32-18-14(21)5-11(6-15(18)22)19(31)26-8-17(29)30/h3-7H,2,8-9H2,1H3,(H,26,31)(H,27,28)(H,29,30). The molecule has 7 nitrogen and oxygen atoms in total. The van der Waals surface area contributed by atoms with E-state index in [-0.39, 0.29) is 35.6 Å². The maximum absolute atomic E-state index is 13.2. The number of aliphatic carboxylic acids is 1. The quantitative estimate of drug-likeness (QED) is 0.408. The second-order valence-electron chi connectivity index (χ2n) is 6.45. The number of amides is 2. The number of anilines is 1. The smallest absolute Gasteiger partial charge is 0.416 e. The fourth-order valence-corrected chi connectivity index (χ4v) is 3.92. The van der Waals surface area contributed by atoms with Gasteiger partial charge in [0.05, 0.1) is 14.5 Å². The lowest BCUT2D eigenvalue weighted by atomic mass is 10.1. The zero-order chi connectivity index (χ0) is 24.1. The van der Waals surface area contributed by atoms with Gasteiger partial charge in [0.2, 0.25) is 5.91 Å². The van der Waals surface area contributed by atoms with Gasteiger partial charge in [0.1, 0.15) is 18.9 Å². The Morgan fingerprint density at radius 3 is 2.22 bits per heavy atom. The van der Waals surface area contributed by atoms with Crippen molar-refractivity contribution in [2.24, 2.45) is 0 Å². The summed E-state index contributed by atoms with van der Waals surface area (Å²) in [5.74, 6) is -2.05. The monoisotopic (exact) mass is 580 g/mol. The number of benzene rings is 2. The van der Waals surface area contributed by atoms with E-state index in [1.807, 2.05) is 0 Å². The largest absolute Gasteiger partial charge is 0.487 e. The number of carboxylic acid groups (broad SMARTS) is 1. The van der Waals surface area contributed by atoms with Gasteiger partial charge in [0.15, 0.2) is 0 Å². The summed E-state index contributed by atoms with van der Waals surface area (Å²) in [5.41, 5.74) is -0.642. The molecule has 12 heteroatoms. The van der Waals surface area contributed by atoms with Crippen molar-refractivity contribution in [3.63, 3.8) is 0 Å². The maximum atomic E-state index is 13.2. The average Bonchev–Trinajstić information content (AvgIpc) is 2.70. The van der Waals surface area contributed by atoms with E-state index in [2.05, 4.69) is 42.5 Å². The lowest BCUT2D eigenvalue weighted by Gasteiger charge is -2.15. The van der Waals surface area contributed by atoms with Crippen LogP contribution in [0, 0.1) is 0 Å². The molecule has 0 atom stereocenters. The minimum atomic E-state index is -4.62. The van der Waals surface area contributed by atoms with Gasteiger partial charge in [-0.05, 0) is 67.8 Å². The Balaban J connectivity index is 2.25. The number of carbonyl (C=O) groups excluding carboxylic acids is 2. The predicted octanol–water partition coefficient (Wildman–Crippen LogP) is 4.97. The van der Waals surface area contributed by atoms with Crippen molar-refractivity contribution < 1.29 is 37.4 Å². The van der Waals surface area contributed by atoms with Crippen LogP contribution in [0.4, 0.5) is 18.9 Å². The molecule has 3 N–H and O–H groups in total. The van der Waals surface area contributed by atoms with Gasteiger partial charge in [0, 0.05) is 17.7 Å². The van der Waals surface area contributed by atoms with Gasteiger partial charge in [-0.1, -0.05) is 6.92 Å². The minimum absolute atomic E-state index is 0.00569. The minimum Gasteiger partial charge on any atom is -0.487 e. The van der Waals surface area contributed by atoms with Crippen LogP contribution in [0.15, 0.2) is 39.3 Å². The predicted molar refractivity (Wildman–Crippen MR) is 117 cm³/mol. The average molecular weight is 582 g/mol. The van der Waals surface area contributed by atoms with Gasteiger partial charge in [-0.3, -0.25) is 14.4 Å². The first-order valence-electron chi connectivity index (χ1n) is 9.03. The Morgan fingerprint density at radius 2 is 1.69 bits per heavy atom. The highest BCUT2D eigenvalue weighted by Crippen LogP contribution is 2.36. The van der Waals surface area contributed by atoms with Crippen LogP contribution in [0.5, 0.6) is 5.75 Å². The Morgan fingerprint density at radius 1 is 1.06 bits per heavy atom. The summed E-state index contributed by atoms with van der Waals surface area (Å²) in [6.45, 7) is 0.757. The van der Waals surface area contributed by atoms with Crippen LogP contribution >= 0.6 is 31.9 Å². The number of hydrogen-bond acceptors (Lipinski definition) is 4. The van der Waals surface area contributed by atoms with E-state index in [1.54, 1.807) is 6.92 Å². The molecule has 2 rings (SSSR count). The summed E-state index contributed by atoms with van der Waals surface area (Å²) >= 11 is 6.47. The molecule has 0 radical (unpaired) electrons. The van der Waals surface area contributed by atoms with E-state index >= 15 is 0 Å². The van der Waals surface area contributed by atoms with Crippen molar-refractivity contribution in [1.82, 2.24) is 5.32 Å². The summed E-state index contributed by atoms with van der Waals surface area (Å²) < 4.78 is 46.0. The summed E-state index contributed by atoms with van der Waals surface area (Å²) in [5, 5.41) is 13.3. The molecule has 0 bridgehead atoms. The van der Waals surface area contributed by atoms with E-state index in [0.717, 1.165) is 12.1 Å². The second-order valence-corrected chi connectivity index (χ2v) is 8.16. The first-order valence-corrected chi connectivity index (χ1v) is 10.6. The molecule has 0 aliphatic carbocycles. The molecule has 2 aromatic rings. The zero-order valence-corrected chi connectivity index (χ0v) is 19.7. The highest BCUT2D eigenvalue weighted by molar-refractivity contribution is 9.11. The molecule has 32 heavy (non-hydrogen) atoms. The van der Waals surface area contributed by atoms with Crippen molar-refractivity contribution in [1.29, 1.82) is 0 Å². The van der Waals surface area contributed by atoms with Gasteiger partial charge in [-0.25, -0.2) is 0 Å². The number of hydrogen-bond donors (Lipinski definition) is 3. The second kappa shape index (κ2) is 10.8. The van der Waals surface area contributed by atoms with Crippen LogP contribution in [0.3, 0.4) is 0 Å². The number of halogens is 5. The van der Waals surface area contributed by atoms with E-state index in [4.69, 9.17) is 9.84 Å². The highest BCUT2D eigenvalue weighted by Gasteiger charge is 2.31. The molecule has 172 valence electrons. The lowest BCUT2D eigenvalue weighted by molar-refractivity contribution is -0.138. The van der Waals surface area contributed by atoms with Crippen LogP contribution in [-0.2, 0) is 22.4 Å². The number of nitrogens with one attached hydrogen (secondary N) is 2. The Hall–Kier alpha value is -2.60. The number of carbonyl (C=O) groups is 3. The summed E-state index contributed by atoms with van der Waals surface area (Å²) in [6.07, 6.45) is -4.51. The lowest BCUT2D eigenvalue weighted by Crippen LogP contribution is -2.29. The van der Waals surface area contributed by atoms with E-state index < -0.39 is 36.1 Å². The molecule has 0 aliphatic heterocycles. The molecule has 0 spiro atoms. The van der Waals surface area contributed by atoms with Crippen LogP contribution < -0.4 is 15.4 Å². The molecule has 0 unspecified atom stereocenters. The number of rotatable bonds is 8. The van der Waals surface area contributed by atoms with Crippen molar-refractivity contribution in [3.8, 4) is 5.75 Å². The Labute approximate surface area is 197 Å². The van der Waals surface area contributed by atoms with Gasteiger partial charge >= 0.3 is 12.1 Å². The summed E-state index contributed by atoms with van der Waals surface area (Å²) in [7, 11) is 0.